The number of hydrogen-bond acceptors (Lipinski definition) is 2. The Morgan fingerprint density at radius 2 is 1.93 bits per heavy atom. The van der Waals surface area contributed by atoms with Crippen molar-refractivity contribution in [3.8, 4) is 5.75 Å². The van der Waals surface area contributed by atoms with Gasteiger partial charge in [0.1, 0.15) is 5.75 Å². The van der Waals surface area contributed by atoms with Crippen LogP contribution in [0, 0.1) is 13.8 Å². The molecule has 1 saturated carbocycles. The Balaban J connectivity index is 2.56. The first-order valence-corrected chi connectivity index (χ1v) is 5.01. The highest BCUT2D eigenvalue weighted by molar-refractivity contribution is 5.49. The molecule has 0 aliphatic heterocycles. The van der Waals surface area contributed by atoms with Crippen LogP contribution in [-0.4, -0.2) is 7.11 Å². The van der Waals surface area contributed by atoms with Gasteiger partial charge >= 0.3 is 0 Å². The summed E-state index contributed by atoms with van der Waals surface area (Å²) in [6.45, 7) is 4.17. The van der Waals surface area contributed by atoms with Gasteiger partial charge in [-0.3, -0.25) is 0 Å². The van der Waals surface area contributed by atoms with Crippen LogP contribution in [0.15, 0.2) is 12.1 Å². The molecule has 1 aromatic carbocycles. The molecule has 2 rings (SSSR count). The van der Waals surface area contributed by atoms with Gasteiger partial charge in [-0.15, -0.1) is 0 Å². The van der Waals surface area contributed by atoms with Crippen molar-refractivity contribution in [3.05, 3.63) is 28.8 Å². The van der Waals surface area contributed by atoms with Crippen LogP contribution in [0.25, 0.3) is 0 Å². The van der Waals surface area contributed by atoms with Gasteiger partial charge < -0.3 is 10.5 Å². The molecule has 76 valence electrons. The topological polar surface area (TPSA) is 35.2 Å². The number of methoxy groups -OCH3 is 1. The van der Waals surface area contributed by atoms with Crippen LogP contribution in [0.2, 0.25) is 0 Å². The molecule has 0 spiro atoms. The van der Waals surface area contributed by atoms with E-state index >= 15 is 0 Å². The van der Waals surface area contributed by atoms with Crippen molar-refractivity contribution < 1.29 is 4.74 Å². The van der Waals surface area contributed by atoms with Crippen molar-refractivity contribution in [1.82, 2.24) is 0 Å². The maximum Gasteiger partial charge on any atom is 0.126 e. The lowest BCUT2D eigenvalue weighted by Gasteiger charge is -2.17. The summed E-state index contributed by atoms with van der Waals surface area (Å²) in [5.41, 5.74) is 9.71. The van der Waals surface area contributed by atoms with E-state index in [1.54, 1.807) is 7.11 Å². The van der Waals surface area contributed by atoms with Crippen LogP contribution in [0.1, 0.15) is 29.5 Å². The molecule has 0 radical (unpaired) electrons. The highest BCUT2D eigenvalue weighted by atomic mass is 16.5. The highest BCUT2D eigenvalue weighted by Crippen LogP contribution is 2.47. The molecule has 0 bridgehead atoms. The standard InChI is InChI=1S/C12H17NO/c1-8-6-9(2)11(14-3)10(7-8)12(13)4-5-12/h6-7H,4-5,13H2,1-3H3. The van der Waals surface area contributed by atoms with E-state index in [2.05, 4.69) is 26.0 Å². The summed E-state index contributed by atoms with van der Waals surface area (Å²) >= 11 is 0. The van der Waals surface area contributed by atoms with E-state index in [9.17, 15) is 0 Å². The van der Waals surface area contributed by atoms with Crippen LogP contribution in [0.3, 0.4) is 0 Å². The Labute approximate surface area is 85.1 Å². The minimum Gasteiger partial charge on any atom is -0.496 e. The van der Waals surface area contributed by atoms with Gasteiger partial charge in [-0.25, -0.2) is 0 Å². The molecule has 14 heavy (non-hydrogen) atoms. The predicted octanol–water partition coefficient (Wildman–Crippen LogP) is 2.26. The van der Waals surface area contributed by atoms with Crippen molar-refractivity contribution >= 4 is 0 Å². The molecule has 0 amide bonds. The largest absolute Gasteiger partial charge is 0.496 e. The molecule has 0 atom stereocenters. The molecule has 0 saturated heterocycles. The quantitative estimate of drug-likeness (QED) is 0.778. The summed E-state index contributed by atoms with van der Waals surface area (Å²) in [4.78, 5) is 0. The molecule has 2 heteroatoms. The smallest absolute Gasteiger partial charge is 0.126 e. The fourth-order valence-corrected chi connectivity index (χ4v) is 2.00. The molecule has 1 aliphatic rings. The van der Waals surface area contributed by atoms with E-state index in [0.29, 0.717) is 0 Å². The van der Waals surface area contributed by atoms with E-state index in [-0.39, 0.29) is 5.54 Å². The molecule has 0 unspecified atom stereocenters. The SMILES string of the molecule is COc1c(C)cc(C)cc1C1(N)CC1. The Kier molecular flexibility index (Phi) is 2.04. The van der Waals surface area contributed by atoms with Crippen LogP contribution in [0.4, 0.5) is 0 Å². The Morgan fingerprint density at radius 3 is 2.43 bits per heavy atom. The Hall–Kier alpha value is -1.02. The molecule has 1 fully saturated rings. The summed E-state index contributed by atoms with van der Waals surface area (Å²) < 4.78 is 5.42. The van der Waals surface area contributed by atoms with E-state index in [4.69, 9.17) is 10.5 Å². The zero-order valence-electron chi connectivity index (χ0n) is 9.05. The van der Waals surface area contributed by atoms with Crippen molar-refractivity contribution in [3.63, 3.8) is 0 Å². The fourth-order valence-electron chi connectivity index (χ4n) is 2.00. The number of nitrogens with two attached hydrogens (primary N) is 1. The minimum absolute atomic E-state index is 0.109. The average Bonchev–Trinajstić information content (AvgIpc) is 2.84. The minimum atomic E-state index is -0.109. The zero-order chi connectivity index (χ0) is 10.3. The van der Waals surface area contributed by atoms with Crippen LogP contribution in [0.5, 0.6) is 5.75 Å². The second-order valence-electron chi connectivity index (χ2n) is 4.32. The number of ether oxygens (including phenoxy) is 1. The lowest BCUT2D eigenvalue weighted by atomic mass is 9.98. The first kappa shape index (κ1) is 9.53. The third kappa shape index (κ3) is 1.40. The number of rotatable bonds is 2. The monoisotopic (exact) mass is 191 g/mol. The van der Waals surface area contributed by atoms with Crippen molar-refractivity contribution in [2.75, 3.05) is 7.11 Å². The van der Waals surface area contributed by atoms with E-state index < -0.39 is 0 Å². The fraction of sp³-hybridized carbons (Fsp3) is 0.500. The summed E-state index contributed by atoms with van der Waals surface area (Å²) in [5, 5.41) is 0. The molecular formula is C12H17NO. The van der Waals surface area contributed by atoms with Crippen molar-refractivity contribution in [2.24, 2.45) is 5.73 Å². The maximum absolute atomic E-state index is 6.20. The van der Waals surface area contributed by atoms with Gasteiger partial charge in [0.05, 0.1) is 7.11 Å². The average molecular weight is 191 g/mol. The highest BCUT2D eigenvalue weighted by Gasteiger charge is 2.42. The maximum atomic E-state index is 6.20. The molecule has 1 aromatic rings. The Morgan fingerprint density at radius 1 is 1.29 bits per heavy atom. The molecule has 0 heterocycles. The lowest BCUT2D eigenvalue weighted by Crippen LogP contribution is -2.20. The zero-order valence-corrected chi connectivity index (χ0v) is 9.05. The van der Waals surface area contributed by atoms with E-state index in [0.717, 1.165) is 18.6 Å². The van der Waals surface area contributed by atoms with Crippen LogP contribution < -0.4 is 10.5 Å². The molecule has 1 aliphatic carbocycles. The van der Waals surface area contributed by atoms with Gasteiger partial charge in [-0.2, -0.15) is 0 Å². The normalized spacial score (nSPS) is 18.0. The van der Waals surface area contributed by atoms with Gasteiger partial charge in [0.15, 0.2) is 0 Å². The summed E-state index contributed by atoms with van der Waals surface area (Å²) in [6, 6.07) is 4.28. The van der Waals surface area contributed by atoms with Gasteiger partial charge in [-0.05, 0) is 32.3 Å². The summed E-state index contributed by atoms with van der Waals surface area (Å²) in [5.74, 6) is 0.968. The number of aryl methyl sites for hydroxylation is 2. The first-order valence-electron chi connectivity index (χ1n) is 5.01. The second kappa shape index (κ2) is 2.99. The summed E-state index contributed by atoms with van der Waals surface area (Å²) in [6.07, 6.45) is 2.15. The first-order chi connectivity index (χ1) is 6.57. The number of hydrogen-bond donors (Lipinski definition) is 1. The summed E-state index contributed by atoms with van der Waals surface area (Å²) in [7, 11) is 1.72. The van der Waals surface area contributed by atoms with Crippen molar-refractivity contribution in [2.45, 2.75) is 32.2 Å². The van der Waals surface area contributed by atoms with Crippen LogP contribution in [-0.2, 0) is 5.54 Å². The van der Waals surface area contributed by atoms with Gasteiger partial charge in [-0.1, -0.05) is 17.7 Å². The molecular weight excluding hydrogens is 174 g/mol. The van der Waals surface area contributed by atoms with Crippen molar-refractivity contribution in [1.29, 1.82) is 0 Å². The van der Waals surface area contributed by atoms with Gasteiger partial charge in [0.25, 0.3) is 0 Å². The molecule has 0 aromatic heterocycles. The lowest BCUT2D eigenvalue weighted by molar-refractivity contribution is 0.401. The molecule has 2 nitrogen and oxygen atoms in total. The Bertz CT molecular complexity index is 367. The predicted molar refractivity (Wildman–Crippen MR) is 57.6 cm³/mol. The van der Waals surface area contributed by atoms with Gasteiger partial charge in [0.2, 0.25) is 0 Å². The second-order valence-corrected chi connectivity index (χ2v) is 4.32. The number of benzene rings is 1. The van der Waals surface area contributed by atoms with E-state index in [1.165, 1.54) is 16.7 Å². The van der Waals surface area contributed by atoms with E-state index in [1.807, 2.05) is 0 Å². The molecule has 2 N–H and O–H groups in total. The third-order valence-electron chi connectivity index (χ3n) is 2.95. The van der Waals surface area contributed by atoms with Crippen LogP contribution >= 0.6 is 0 Å². The third-order valence-corrected chi connectivity index (χ3v) is 2.95. The van der Waals surface area contributed by atoms with Gasteiger partial charge in [0, 0.05) is 11.1 Å².